The number of nitrogens with zero attached hydrogens (tertiary/aromatic N) is 5. The zero-order valence-corrected chi connectivity index (χ0v) is 8.78. The van der Waals surface area contributed by atoms with Gasteiger partial charge in [-0.3, -0.25) is 4.99 Å². The largest absolute Gasteiger partial charge is 0.283 e. The summed E-state index contributed by atoms with van der Waals surface area (Å²) in [4.78, 5) is 4.30. The summed E-state index contributed by atoms with van der Waals surface area (Å²) in [5.74, 6) is 0.426. The quantitative estimate of drug-likeness (QED) is 0.606. The molecule has 0 spiro atoms. The Labute approximate surface area is 96.7 Å². The Hall–Kier alpha value is -2.57. The molecule has 0 saturated heterocycles. The van der Waals surface area contributed by atoms with E-state index in [-0.39, 0.29) is 5.92 Å². The summed E-state index contributed by atoms with van der Waals surface area (Å²) in [7, 11) is 0. The fourth-order valence-electron chi connectivity index (χ4n) is 1.63. The molecule has 1 atom stereocenters. The van der Waals surface area contributed by atoms with Crippen molar-refractivity contribution in [1.29, 1.82) is 0 Å². The lowest BCUT2D eigenvalue weighted by molar-refractivity contribution is 0.881. The number of rotatable bonds is 3. The van der Waals surface area contributed by atoms with Crippen molar-refractivity contribution < 1.29 is 0 Å². The first kappa shape index (κ1) is 9.64. The molecule has 7 nitrogen and oxygen atoms in total. The maximum Gasteiger partial charge on any atom is 0.283 e. The Morgan fingerprint density at radius 3 is 3.18 bits per heavy atom. The Morgan fingerprint density at radius 2 is 2.29 bits per heavy atom. The molecule has 7 heteroatoms. The van der Waals surface area contributed by atoms with Crippen LogP contribution in [0.5, 0.6) is 0 Å². The molecule has 0 radical (unpaired) electrons. The summed E-state index contributed by atoms with van der Waals surface area (Å²) in [5.41, 5.74) is 4.81. The SMILES string of the molecule is C(=NNc1nn[nH]n1)[C@@H]1C=Nc2ccccc21. The Kier molecular flexibility index (Phi) is 2.34. The normalized spacial score (nSPS) is 17.5. The molecule has 1 aliphatic heterocycles. The Bertz CT molecular complexity index is 558. The fraction of sp³-hybridized carbons (Fsp3) is 0.100. The monoisotopic (exact) mass is 227 g/mol. The zero-order chi connectivity index (χ0) is 11.5. The van der Waals surface area contributed by atoms with Gasteiger partial charge in [0.2, 0.25) is 0 Å². The van der Waals surface area contributed by atoms with Crippen LogP contribution < -0.4 is 5.43 Å². The summed E-state index contributed by atoms with van der Waals surface area (Å²) >= 11 is 0. The van der Waals surface area contributed by atoms with Crippen LogP contribution in [0.15, 0.2) is 34.4 Å². The smallest absolute Gasteiger partial charge is 0.260 e. The second-order valence-corrected chi connectivity index (χ2v) is 3.49. The number of fused-ring (bicyclic) bond motifs is 1. The van der Waals surface area contributed by atoms with Gasteiger partial charge >= 0.3 is 0 Å². The number of hydrogen-bond donors (Lipinski definition) is 2. The van der Waals surface area contributed by atoms with E-state index in [1.54, 1.807) is 6.21 Å². The van der Waals surface area contributed by atoms with E-state index in [0.717, 1.165) is 11.3 Å². The molecule has 0 fully saturated rings. The molecule has 1 aliphatic rings. The molecule has 1 aromatic carbocycles. The number of aromatic amines is 1. The van der Waals surface area contributed by atoms with Gasteiger partial charge in [-0.25, -0.2) is 5.43 Å². The number of benzene rings is 1. The minimum Gasteiger partial charge on any atom is -0.260 e. The lowest BCUT2D eigenvalue weighted by Crippen LogP contribution is -2.00. The summed E-state index contributed by atoms with van der Waals surface area (Å²) in [6, 6.07) is 7.97. The van der Waals surface area contributed by atoms with Gasteiger partial charge in [0, 0.05) is 12.4 Å². The van der Waals surface area contributed by atoms with Gasteiger partial charge in [-0.2, -0.15) is 10.3 Å². The van der Waals surface area contributed by atoms with Crippen molar-refractivity contribution in [3.8, 4) is 0 Å². The van der Waals surface area contributed by atoms with Crippen molar-refractivity contribution in [2.45, 2.75) is 5.92 Å². The standard InChI is InChI=1S/C10H9N7/c1-2-4-9-8(3-1)7(5-11-9)6-12-13-10-14-16-17-15-10/h1-7H,(H2,13,14,15,16,17)/t7-/m0/s1. The number of hydrazone groups is 1. The summed E-state index contributed by atoms with van der Waals surface area (Å²) in [6.07, 6.45) is 3.61. The lowest BCUT2D eigenvalue weighted by Gasteiger charge is -2.01. The molecule has 2 aromatic rings. The first-order valence-corrected chi connectivity index (χ1v) is 5.09. The van der Waals surface area contributed by atoms with Gasteiger partial charge in [0.15, 0.2) is 0 Å². The third kappa shape index (κ3) is 1.89. The number of tetrazole rings is 1. The maximum atomic E-state index is 4.30. The van der Waals surface area contributed by atoms with Crippen molar-refractivity contribution in [3.05, 3.63) is 29.8 Å². The lowest BCUT2D eigenvalue weighted by atomic mass is 10.0. The molecule has 84 valence electrons. The van der Waals surface area contributed by atoms with Gasteiger partial charge in [-0.05, 0) is 16.8 Å². The van der Waals surface area contributed by atoms with E-state index in [4.69, 9.17) is 0 Å². The molecule has 0 aliphatic carbocycles. The van der Waals surface area contributed by atoms with Crippen LogP contribution in [0.3, 0.4) is 0 Å². The number of H-pyrrole nitrogens is 1. The summed E-state index contributed by atoms with van der Waals surface area (Å²) in [5, 5.41) is 17.2. The van der Waals surface area contributed by atoms with Gasteiger partial charge in [0.25, 0.3) is 5.95 Å². The van der Waals surface area contributed by atoms with Crippen LogP contribution in [-0.4, -0.2) is 33.1 Å². The van der Waals surface area contributed by atoms with Crippen molar-refractivity contribution in [2.75, 3.05) is 5.43 Å². The summed E-state index contributed by atoms with van der Waals surface area (Å²) in [6.45, 7) is 0. The van der Waals surface area contributed by atoms with E-state index in [1.807, 2.05) is 30.5 Å². The highest BCUT2D eigenvalue weighted by atomic mass is 15.5. The highest BCUT2D eigenvalue weighted by Gasteiger charge is 2.15. The van der Waals surface area contributed by atoms with Crippen molar-refractivity contribution >= 4 is 24.1 Å². The number of hydrogen-bond acceptors (Lipinski definition) is 6. The van der Waals surface area contributed by atoms with Crippen molar-refractivity contribution in [3.63, 3.8) is 0 Å². The summed E-state index contributed by atoms with van der Waals surface area (Å²) < 4.78 is 0. The van der Waals surface area contributed by atoms with E-state index >= 15 is 0 Å². The third-order valence-corrected chi connectivity index (χ3v) is 2.42. The van der Waals surface area contributed by atoms with Gasteiger partial charge in [-0.15, -0.1) is 5.10 Å². The van der Waals surface area contributed by atoms with Gasteiger partial charge in [0.1, 0.15) is 0 Å². The second-order valence-electron chi connectivity index (χ2n) is 3.49. The first-order chi connectivity index (χ1) is 8.43. The topological polar surface area (TPSA) is 91.2 Å². The molecule has 0 bridgehead atoms. The van der Waals surface area contributed by atoms with Crippen LogP contribution in [0.25, 0.3) is 0 Å². The molecular formula is C10H9N7. The molecule has 1 aromatic heterocycles. The number of aromatic nitrogens is 4. The van der Waals surface area contributed by atoms with Crippen molar-refractivity contribution in [2.24, 2.45) is 10.1 Å². The van der Waals surface area contributed by atoms with E-state index in [1.165, 1.54) is 0 Å². The van der Waals surface area contributed by atoms with Crippen LogP contribution in [0, 0.1) is 0 Å². The zero-order valence-electron chi connectivity index (χ0n) is 8.78. The molecular weight excluding hydrogens is 218 g/mol. The average Bonchev–Trinajstić information content (AvgIpc) is 2.99. The predicted molar refractivity (Wildman–Crippen MR) is 63.6 cm³/mol. The molecule has 0 unspecified atom stereocenters. The molecule has 2 heterocycles. The molecule has 0 amide bonds. The first-order valence-electron chi connectivity index (χ1n) is 5.09. The van der Waals surface area contributed by atoms with Crippen LogP contribution in [0.4, 0.5) is 11.6 Å². The predicted octanol–water partition coefficient (Wildman–Crippen LogP) is 1.10. The third-order valence-electron chi connectivity index (χ3n) is 2.42. The maximum absolute atomic E-state index is 4.30. The van der Waals surface area contributed by atoms with E-state index in [0.29, 0.717) is 5.95 Å². The van der Waals surface area contributed by atoms with Gasteiger partial charge in [-0.1, -0.05) is 23.3 Å². The highest BCUT2D eigenvalue weighted by molar-refractivity contribution is 5.96. The average molecular weight is 227 g/mol. The van der Waals surface area contributed by atoms with E-state index in [9.17, 15) is 0 Å². The van der Waals surface area contributed by atoms with Crippen LogP contribution in [-0.2, 0) is 0 Å². The van der Waals surface area contributed by atoms with Gasteiger partial charge < -0.3 is 0 Å². The van der Waals surface area contributed by atoms with Gasteiger partial charge in [0.05, 0.1) is 11.6 Å². The minimum atomic E-state index is 0.0885. The number of para-hydroxylation sites is 1. The number of nitrogens with one attached hydrogen (secondary N) is 2. The highest BCUT2D eigenvalue weighted by Crippen LogP contribution is 2.30. The molecule has 3 rings (SSSR count). The Morgan fingerprint density at radius 1 is 1.35 bits per heavy atom. The van der Waals surface area contributed by atoms with Crippen molar-refractivity contribution in [1.82, 2.24) is 20.6 Å². The van der Waals surface area contributed by atoms with Crippen LogP contribution in [0.1, 0.15) is 11.5 Å². The molecule has 0 saturated carbocycles. The van der Waals surface area contributed by atoms with Crippen LogP contribution in [0.2, 0.25) is 0 Å². The Balaban J connectivity index is 1.71. The van der Waals surface area contributed by atoms with Crippen LogP contribution >= 0.6 is 0 Å². The molecule has 17 heavy (non-hydrogen) atoms. The second kappa shape index (κ2) is 4.12. The van der Waals surface area contributed by atoms with E-state index in [2.05, 4.69) is 36.1 Å². The number of anilines is 1. The van der Waals surface area contributed by atoms with E-state index < -0.39 is 0 Å². The number of aliphatic imine (C=N–C) groups is 1. The minimum absolute atomic E-state index is 0.0885. The fourth-order valence-corrected chi connectivity index (χ4v) is 1.63. The molecule has 2 N–H and O–H groups in total.